The van der Waals surface area contributed by atoms with Gasteiger partial charge in [-0.05, 0) is 47.5 Å². The minimum atomic E-state index is -0.00986. The number of hydrogen-bond donors (Lipinski definition) is 1. The first-order chi connectivity index (χ1) is 13.2. The average Bonchev–Trinajstić information content (AvgIpc) is 3.27. The second-order valence-electron chi connectivity index (χ2n) is 6.18. The number of hydrogen-bond acceptors (Lipinski definition) is 6. The van der Waals surface area contributed by atoms with Gasteiger partial charge in [-0.25, -0.2) is 9.67 Å². The number of para-hydroxylation sites is 1. The molecule has 0 atom stereocenters. The number of tetrazole rings is 1. The molecule has 1 amide bonds. The summed E-state index contributed by atoms with van der Waals surface area (Å²) in [4.78, 5) is 16.9. The van der Waals surface area contributed by atoms with Gasteiger partial charge in [0.15, 0.2) is 5.82 Å². The minimum absolute atomic E-state index is 0.00986. The number of nitrogens with one attached hydrogen (secondary N) is 1. The Labute approximate surface area is 160 Å². The fourth-order valence-corrected chi connectivity index (χ4v) is 3.87. The Morgan fingerprint density at radius 3 is 2.89 bits per heavy atom. The maximum Gasteiger partial charge on any atom is 0.224 e. The van der Waals surface area contributed by atoms with Crippen molar-refractivity contribution in [2.75, 3.05) is 5.32 Å². The second-order valence-corrected chi connectivity index (χ2v) is 7.30. The van der Waals surface area contributed by atoms with E-state index in [4.69, 9.17) is 0 Å². The van der Waals surface area contributed by atoms with Crippen molar-refractivity contribution in [3.05, 3.63) is 53.5 Å². The van der Waals surface area contributed by atoms with Crippen molar-refractivity contribution >= 4 is 33.1 Å². The highest BCUT2D eigenvalue weighted by atomic mass is 32.1. The first-order valence-electron chi connectivity index (χ1n) is 8.66. The summed E-state index contributed by atoms with van der Waals surface area (Å²) in [5, 5.41) is 15.5. The van der Waals surface area contributed by atoms with Gasteiger partial charge in [0.25, 0.3) is 0 Å². The number of aromatic nitrogens is 5. The Balaban J connectivity index is 1.33. The summed E-state index contributed by atoms with van der Waals surface area (Å²) in [5.41, 5.74) is 2.62. The molecule has 2 aromatic heterocycles. The van der Waals surface area contributed by atoms with Crippen LogP contribution in [0.1, 0.15) is 17.8 Å². The Hall–Kier alpha value is -3.13. The molecule has 7 nitrogen and oxygen atoms in total. The summed E-state index contributed by atoms with van der Waals surface area (Å²) in [6.07, 6.45) is 2.02. The predicted molar refractivity (Wildman–Crippen MR) is 105 cm³/mol. The molecule has 0 saturated carbocycles. The van der Waals surface area contributed by atoms with E-state index in [2.05, 4.69) is 31.9 Å². The maximum atomic E-state index is 12.3. The van der Waals surface area contributed by atoms with Crippen LogP contribution in [0.4, 0.5) is 5.69 Å². The molecule has 0 unspecified atom stereocenters. The third-order valence-electron chi connectivity index (χ3n) is 4.16. The predicted octanol–water partition coefficient (Wildman–Crippen LogP) is 3.45. The molecule has 2 heterocycles. The molecule has 27 heavy (non-hydrogen) atoms. The van der Waals surface area contributed by atoms with Crippen molar-refractivity contribution in [3.8, 4) is 11.4 Å². The molecule has 136 valence electrons. The summed E-state index contributed by atoms with van der Waals surface area (Å²) >= 11 is 1.69. The van der Waals surface area contributed by atoms with E-state index in [1.54, 1.807) is 23.1 Å². The van der Waals surface area contributed by atoms with Crippen LogP contribution >= 0.6 is 11.3 Å². The molecule has 4 rings (SSSR count). The highest BCUT2D eigenvalue weighted by Gasteiger charge is 2.09. The lowest BCUT2D eigenvalue weighted by Gasteiger charge is -2.06. The minimum Gasteiger partial charge on any atom is -0.326 e. The van der Waals surface area contributed by atoms with Gasteiger partial charge in [0, 0.05) is 24.7 Å². The molecule has 0 spiro atoms. The van der Waals surface area contributed by atoms with Crippen LogP contribution in [-0.2, 0) is 18.3 Å². The van der Waals surface area contributed by atoms with Crippen molar-refractivity contribution in [2.45, 2.75) is 19.3 Å². The standard InChI is InChI=1S/C19H18N6OS/c1-25-19(22-23-24-25)13-6-4-7-14(12-13)20-17(26)10-5-11-18-21-15-8-2-3-9-16(15)27-18/h2-4,6-9,12H,5,10-11H2,1H3,(H,20,26). The van der Waals surface area contributed by atoms with E-state index in [9.17, 15) is 4.79 Å². The zero-order chi connectivity index (χ0) is 18.6. The van der Waals surface area contributed by atoms with E-state index < -0.39 is 0 Å². The summed E-state index contributed by atoms with van der Waals surface area (Å²) in [6.45, 7) is 0. The lowest BCUT2D eigenvalue weighted by molar-refractivity contribution is -0.116. The largest absolute Gasteiger partial charge is 0.326 e. The van der Waals surface area contributed by atoms with Crippen molar-refractivity contribution in [1.29, 1.82) is 0 Å². The molecule has 0 saturated heterocycles. The Morgan fingerprint density at radius 2 is 2.07 bits per heavy atom. The lowest BCUT2D eigenvalue weighted by Crippen LogP contribution is -2.11. The van der Waals surface area contributed by atoms with Gasteiger partial charge in [0.1, 0.15) is 0 Å². The van der Waals surface area contributed by atoms with E-state index in [0.29, 0.717) is 12.2 Å². The molecule has 1 N–H and O–H groups in total. The number of nitrogens with zero attached hydrogens (tertiary/aromatic N) is 5. The quantitative estimate of drug-likeness (QED) is 0.555. The first-order valence-corrected chi connectivity index (χ1v) is 9.48. The van der Waals surface area contributed by atoms with Gasteiger partial charge < -0.3 is 5.32 Å². The fraction of sp³-hybridized carbons (Fsp3) is 0.211. The number of carbonyl (C=O) groups is 1. The fourth-order valence-electron chi connectivity index (χ4n) is 2.86. The number of aryl methyl sites for hydroxylation is 2. The molecule has 0 aliphatic heterocycles. The van der Waals surface area contributed by atoms with Crippen molar-refractivity contribution in [2.24, 2.45) is 7.05 Å². The van der Waals surface area contributed by atoms with Gasteiger partial charge >= 0.3 is 0 Å². The summed E-state index contributed by atoms with van der Waals surface area (Å²) < 4.78 is 2.78. The van der Waals surface area contributed by atoms with Crippen LogP contribution in [0.15, 0.2) is 48.5 Å². The third-order valence-corrected chi connectivity index (χ3v) is 5.25. The van der Waals surface area contributed by atoms with E-state index in [1.165, 1.54) is 4.70 Å². The van der Waals surface area contributed by atoms with Gasteiger partial charge in [-0.1, -0.05) is 24.3 Å². The number of carbonyl (C=O) groups excluding carboxylic acids is 1. The Kier molecular flexibility index (Phi) is 4.88. The molecule has 8 heteroatoms. The van der Waals surface area contributed by atoms with Crippen LogP contribution in [0.2, 0.25) is 0 Å². The highest BCUT2D eigenvalue weighted by molar-refractivity contribution is 7.18. The number of fused-ring (bicyclic) bond motifs is 1. The maximum absolute atomic E-state index is 12.3. The van der Waals surface area contributed by atoms with Gasteiger partial charge in [0.05, 0.1) is 15.2 Å². The number of amides is 1. The molecular formula is C19H18N6OS. The highest BCUT2D eigenvalue weighted by Crippen LogP contribution is 2.23. The summed E-state index contributed by atoms with van der Waals surface area (Å²) in [6, 6.07) is 15.6. The zero-order valence-corrected chi connectivity index (χ0v) is 15.6. The van der Waals surface area contributed by atoms with Crippen LogP contribution in [0.25, 0.3) is 21.6 Å². The SMILES string of the molecule is Cn1nnnc1-c1cccc(NC(=O)CCCc2nc3ccccc3s2)c1. The summed E-state index contributed by atoms with van der Waals surface area (Å²) in [5.74, 6) is 0.645. The smallest absolute Gasteiger partial charge is 0.224 e. The molecule has 0 fully saturated rings. The van der Waals surface area contributed by atoms with Crippen LogP contribution in [0, 0.1) is 0 Å². The van der Waals surface area contributed by atoms with Crippen LogP contribution < -0.4 is 5.32 Å². The van der Waals surface area contributed by atoms with E-state index in [-0.39, 0.29) is 5.91 Å². The van der Waals surface area contributed by atoms with E-state index in [1.807, 2.05) is 42.5 Å². The number of benzene rings is 2. The first kappa shape index (κ1) is 17.3. The second kappa shape index (κ2) is 7.63. The van der Waals surface area contributed by atoms with Gasteiger partial charge in [-0.3, -0.25) is 4.79 Å². The van der Waals surface area contributed by atoms with Crippen LogP contribution in [0.5, 0.6) is 0 Å². The van der Waals surface area contributed by atoms with Crippen molar-refractivity contribution in [3.63, 3.8) is 0 Å². The molecule has 4 aromatic rings. The van der Waals surface area contributed by atoms with E-state index in [0.717, 1.165) is 34.6 Å². The molecule has 0 radical (unpaired) electrons. The Bertz CT molecular complexity index is 1050. The molecule has 0 aliphatic rings. The normalized spacial score (nSPS) is 11.0. The van der Waals surface area contributed by atoms with Gasteiger partial charge in [-0.15, -0.1) is 16.4 Å². The lowest BCUT2D eigenvalue weighted by atomic mass is 10.1. The molecular weight excluding hydrogens is 360 g/mol. The number of rotatable bonds is 6. The topological polar surface area (TPSA) is 85.6 Å². The van der Waals surface area contributed by atoms with Crippen molar-refractivity contribution < 1.29 is 4.79 Å². The summed E-state index contributed by atoms with van der Waals surface area (Å²) in [7, 11) is 1.78. The Morgan fingerprint density at radius 1 is 1.19 bits per heavy atom. The zero-order valence-electron chi connectivity index (χ0n) is 14.8. The van der Waals surface area contributed by atoms with Crippen LogP contribution in [-0.4, -0.2) is 31.1 Å². The van der Waals surface area contributed by atoms with E-state index >= 15 is 0 Å². The number of anilines is 1. The van der Waals surface area contributed by atoms with Crippen molar-refractivity contribution in [1.82, 2.24) is 25.2 Å². The van der Waals surface area contributed by atoms with Crippen LogP contribution in [0.3, 0.4) is 0 Å². The third kappa shape index (κ3) is 4.01. The molecule has 2 aromatic carbocycles. The average molecular weight is 378 g/mol. The van der Waals surface area contributed by atoms with Gasteiger partial charge in [0.2, 0.25) is 5.91 Å². The monoisotopic (exact) mass is 378 g/mol. The number of thiazole rings is 1. The molecule has 0 aliphatic carbocycles. The molecule has 0 bridgehead atoms. The van der Waals surface area contributed by atoms with Gasteiger partial charge in [-0.2, -0.15) is 0 Å².